The molecule has 0 unspecified atom stereocenters. The third-order valence-electron chi connectivity index (χ3n) is 1.44. The first-order valence-electron chi connectivity index (χ1n) is 3.32. The van der Waals surface area contributed by atoms with E-state index in [0.29, 0.717) is 5.75 Å². The molecule has 0 aliphatic carbocycles. The molecule has 0 saturated heterocycles. The van der Waals surface area contributed by atoms with Crippen molar-refractivity contribution in [2.75, 3.05) is 7.11 Å². The van der Waals surface area contributed by atoms with Gasteiger partial charge in [-0.3, -0.25) is 0 Å². The molecule has 1 aromatic rings. The number of methoxy groups -OCH3 is 1. The van der Waals surface area contributed by atoms with Gasteiger partial charge in [-0.2, -0.15) is 0 Å². The van der Waals surface area contributed by atoms with Gasteiger partial charge in [0.25, 0.3) is 0 Å². The summed E-state index contributed by atoms with van der Waals surface area (Å²) < 4.78 is 6.49. The third kappa shape index (κ3) is 2.34. The molecular weight excluding hydrogens is 351 g/mol. The number of carboxylic acid groups (broad SMARTS) is 1. The zero-order chi connectivity index (χ0) is 10.0. The molecule has 0 radical (unpaired) electrons. The zero-order valence-electron chi connectivity index (χ0n) is 6.67. The number of carboxylic acids is 1. The minimum Gasteiger partial charge on any atom is -0.495 e. The fourth-order valence-electron chi connectivity index (χ4n) is 0.927. The summed E-state index contributed by atoms with van der Waals surface area (Å²) in [6, 6.07) is 3.31. The third-order valence-corrected chi connectivity index (χ3v) is 2.70. The Hall–Kier alpha value is -0.300. The van der Waals surface area contributed by atoms with E-state index in [2.05, 4.69) is 15.9 Å². The lowest BCUT2D eigenvalue weighted by molar-refractivity contribution is 0.0693. The summed E-state index contributed by atoms with van der Waals surface area (Å²) in [6.45, 7) is 0. The van der Waals surface area contributed by atoms with E-state index in [1.165, 1.54) is 13.2 Å². The number of ether oxygens (including phenoxy) is 1. The highest BCUT2D eigenvalue weighted by Crippen LogP contribution is 2.29. The van der Waals surface area contributed by atoms with Crippen LogP contribution in [0.1, 0.15) is 10.4 Å². The topological polar surface area (TPSA) is 46.5 Å². The fourth-order valence-corrected chi connectivity index (χ4v) is 2.66. The Morgan fingerprint density at radius 1 is 1.62 bits per heavy atom. The van der Waals surface area contributed by atoms with Crippen LogP contribution in [0.2, 0.25) is 0 Å². The summed E-state index contributed by atoms with van der Waals surface area (Å²) in [7, 11) is 1.46. The number of hydrogen-bond donors (Lipinski definition) is 1. The van der Waals surface area contributed by atoms with Crippen molar-refractivity contribution in [3.8, 4) is 5.75 Å². The molecule has 1 aromatic carbocycles. The number of rotatable bonds is 2. The first-order chi connectivity index (χ1) is 6.06. The van der Waals surface area contributed by atoms with Gasteiger partial charge in [-0.15, -0.1) is 0 Å². The standard InChI is InChI=1S/C8H6BrIO3/c1-13-7-5(8(11)12)2-4(9)3-6(7)10/h2-3H,1H3,(H,11,12). The molecule has 0 fully saturated rings. The van der Waals surface area contributed by atoms with Crippen LogP contribution in [0.3, 0.4) is 0 Å². The minimum atomic E-state index is -0.990. The Morgan fingerprint density at radius 3 is 2.69 bits per heavy atom. The number of benzene rings is 1. The van der Waals surface area contributed by atoms with Crippen LogP contribution >= 0.6 is 38.5 Å². The van der Waals surface area contributed by atoms with Crippen LogP contribution in [0.5, 0.6) is 5.75 Å². The van der Waals surface area contributed by atoms with Gasteiger partial charge in [0.05, 0.1) is 10.7 Å². The second-order valence-electron chi connectivity index (χ2n) is 2.27. The van der Waals surface area contributed by atoms with Crippen LogP contribution in [-0.2, 0) is 0 Å². The van der Waals surface area contributed by atoms with Crippen molar-refractivity contribution in [1.82, 2.24) is 0 Å². The van der Waals surface area contributed by atoms with E-state index in [-0.39, 0.29) is 5.56 Å². The number of aromatic carboxylic acids is 1. The van der Waals surface area contributed by atoms with Crippen molar-refractivity contribution in [1.29, 1.82) is 0 Å². The maximum absolute atomic E-state index is 10.8. The van der Waals surface area contributed by atoms with Crippen LogP contribution in [0.25, 0.3) is 0 Å². The lowest BCUT2D eigenvalue weighted by atomic mass is 10.2. The molecule has 0 heterocycles. The van der Waals surface area contributed by atoms with Gasteiger partial charge in [0, 0.05) is 4.47 Å². The van der Waals surface area contributed by atoms with Gasteiger partial charge in [-0.25, -0.2) is 4.79 Å². The van der Waals surface area contributed by atoms with Gasteiger partial charge in [0.1, 0.15) is 11.3 Å². The minimum absolute atomic E-state index is 0.168. The van der Waals surface area contributed by atoms with E-state index >= 15 is 0 Å². The van der Waals surface area contributed by atoms with E-state index in [1.807, 2.05) is 22.6 Å². The first-order valence-corrected chi connectivity index (χ1v) is 5.19. The highest BCUT2D eigenvalue weighted by molar-refractivity contribution is 14.1. The van der Waals surface area contributed by atoms with E-state index in [9.17, 15) is 4.79 Å². The molecular formula is C8H6BrIO3. The molecule has 0 amide bonds. The molecule has 13 heavy (non-hydrogen) atoms. The van der Waals surface area contributed by atoms with Crippen molar-refractivity contribution >= 4 is 44.5 Å². The summed E-state index contributed by atoms with van der Waals surface area (Å²) in [5, 5.41) is 8.84. The fraction of sp³-hybridized carbons (Fsp3) is 0.125. The summed E-state index contributed by atoms with van der Waals surface area (Å²) in [5.41, 5.74) is 0.168. The molecule has 0 bridgehead atoms. The van der Waals surface area contributed by atoms with Crippen LogP contribution in [0.15, 0.2) is 16.6 Å². The van der Waals surface area contributed by atoms with Gasteiger partial charge in [-0.05, 0) is 34.7 Å². The molecule has 0 saturated carbocycles. The predicted octanol–water partition coefficient (Wildman–Crippen LogP) is 2.76. The van der Waals surface area contributed by atoms with Gasteiger partial charge in [0.2, 0.25) is 0 Å². The zero-order valence-corrected chi connectivity index (χ0v) is 10.4. The molecule has 70 valence electrons. The van der Waals surface area contributed by atoms with Crippen molar-refractivity contribution in [2.45, 2.75) is 0 Å². The van der Waals surface area contributed by atoms with E-state index in [1.54, 1.807) is 6.07 Å². The first kappa shape index (κ1) is 10.8. The van der Waals surface area contributed by atoms with Gasteiger partial charge < -0.3 is 9.84 Å². The number of halogens is 2. The lowest BCUT2D eigenvalue weighted by Crippen LogP contribution is -2.02. The SMILES string of the molecule is COc1c(I)cc(Br)cc1C(=O)O. The Kier molecular flexibility index (Phi) is 3.55. The summed E-state index contributed by atoms with van der Waals surface area (Å²) in [5.74, 6) is -0.590. The Morgan fingerprint density at radius 2 is 2.23 bits per heavy atom. The molecule has 5 heteroatoms. The van der Waals surface area contributed by atoms with Gasteiger partial charge in [0.15, 0.2) is 0 Å². The average Bonchev–Trinajstić information content (AvgIpc) is 2.02. The molecule has 0 atom stereocenters. The Labute approximate surface area is 97.4 Å². The second-order valence-corrected chi connectivity index (χ2v) is 4.35. The second kappa shape index (κ2) is 4.28. The van der Waals surface area contributed by atoms with Crippen molar-refractivity contribution < 1.29 is 14.6 Å². The number of hydrogen-bond acceptors (Lipinski definition) is 2. The van der Waals surface area contributed by atoms with Crippen LogP contribution in [0, 0.1) is 3.57 Å². The van der Waals surface area contributed by atoms with E-state index in [4.69, 9.17) is 9.84 Å². The van der Waals surface area contributed by atoms with Crippen molar-refractivity contribution in [3.63, 3.8) is 0 Å². The molecule has 0 spiro atoms. The highest BCUT2D eigenvalue weighted by atomic mass is 127. The highest BCUT2D eigenvalue weighted by Gasteiger charge is 2.14. The molecule has 0 aliphatic rings. The lowest BCUT2D eigenvalue weighted by Gasteiger charge is -2.07. The summed E-state index contributed by atoms with van der Waals surface area (Å²) >= 11 is 5.25. The molecule has 3 nitrogen and oxygen atoms in total. The molecule has 1 rings (SSSR count). The van der Waals surface area contributed by atoms with Crippen molar-refractivity contribution in [2.24, 2.45) is 0 Å². The quantitative estimate of drug-likeness (QED) is 0.829. The monoisotopic (exact) mass is 356 g/mol. The largest absolute Gasteiger partial charge is 0.495 e. The van der Waals surface area contributed by atoms with E-state index < -0.39 is 5.97 Å². The maximum atomic E-state index is 10.8. The average molecular weight is 357 g/mol. The Balaban J connectivity index is 3.38. The Bertz CT molecular complexity index is 351. The molecule has 0 aromatic heterocycles. The number of carbonyl (C=O) groups is 1. The maximum Gasteiger partial charge on any atom is 0.339 e. The summed E-state index contributed by atoms with van der Waals surface area (Å²) in [4.78, 5) is 10.8. The summed E-state index contributed by atoms with van der Waals surface area (Å²) in [6.07, 6.45) is 0. The molecule has 0 aliphatic heterocycles. The van der Waals surface area contributed by atoms with Gasteiger partial charge in [-0.1, -0.05) is 15.9 Å². The van der Waals surface area contributed by atoms with Gasteiger partial charge >= 0.3 is 5.97 Å². The van der Waals surface area contributed by atoms with E-state index in [0.717, 1.165) is 8.04 Å². The smallest absolute Gasteiger partial charge is 0.339 e. The normalized spacial score (nSPS) is 9.77. The predicted molar refractivity (Wildman–Crippen MR) is 60.4 cm³/mol. The van der Waals surface area contributed by atoms with Crippen LogP contribution < -0.4 is 4.74 Å². The molecule has 1 N–H and O–H groups in total. The van der Waals surface area contributed by atoms with Crippen LogP contribution in [0.4, 0.5) is 0 Å². The van der Waals surface area contributed by atoms with Crippen molar-refractivity contribution in [3.05, 3.63) is 25.7 Å². The van der Waals surface area contributed by atoms with Crippen LogP contribution in [-0.4, -0.2) is 18.2 Å².